The van der Waals surface area contributed by atoms with Gasteiger partial charge in [-0.2, -0.15) is 13.2 Å². The fourth-order valence-electron chi connectivity index (χ4n) is 12.9. The lowest BCUT2D eigenvalue weighted by molar-refractivity contribution is -0.160. The highest BCUT2D eigenvalue weighted by Gasteiger charge is 2.47. The van der Waals surface area contributed by atoms with Crippen LogP contribution < -0.4 is 16.0 Å². The van der Waals surface area contributed by atoms with Crippen molar-refractivity contribution < 1.29 is 70.7 Å². The molecular weight excluding hydrogens is 1390 g/mol. The summed E-state index contributed by atoms with van der Waals surface area (Å²) in [6.07, 6.45) is -4.51. The number of alkyl halides is 3. The summed E-state index contributed by atoms with van der Waals surface area (Å²) in [5.41, 5.74) is 1.25. The van der Waals surface area contributed by atoms with Crippen molar-refractivity contribution in [2.45, 2.75) is 193 Å². The molecule has 5 rings (SSSR count). The molecule has 574 valence electrons. The Kier molecular flexibility index (Phi) is 32.0. The lowest BCUT2D eigenvalue weighted by atomic mass is 9.94. The predicted molar refractivity (Wildman–Crippen MR) is 390 cm³/mol. The first-order chi connectivity index (χ1) is 48.7. The van der Waals surface area contributed by atoms with E-state index in [1.165, 1.54) is 106 Å². The summed E-state index contributed by atoms with van der Waals surface area (Å²) in [6, 6.07) is 5.46. The first kappa shape index (κ1) is 86.3. The Hall–Kier alpha value is -8.33. The minimum Gasteiger partial charge on any atom is -0.354 e. The molecule has 2 aliphatic rings. The highest BCUT2D eigenvalue weighted by atomic mass is 35.5. The van der Waals surface area contributed by atoms with E-state index in [2.05, 4.69) is 16.0 Å². The van der Waals surface area contributed by atoms with Gasteiger partial charge in [-0.1, -0.05) is 126 Å². The van der Waals surface area contributed by atoms with Gasteiger partial charge in [0.05, 0.1) is 23.6 Å². The van der Waals surface area contributed by atoms with Crippen LogP contribution in [0.3, 0.4) is 0 Å². The predicted octanol–water partition coefficient (Wildman–Crippen LogP) is 6.67. The molecule has 0 spiro atoms. The number of amides is 12. The Bertz CT molecular complexity index is 3570. The molecule has 24 nitrogen and oxygen atoms in total. The molecule has 3 aromatic carbocycles. The van der Waals surface area contributed by atoms with Gasteiger partial charge < -0.3 is 60.0 Å². The summed E-state index contributed by atoms with van der Waals surface area (Å²) in [7, 11) is 12.7. The lowest BCUT2D eigenvalue weighted by Gasteiger charge is -2.45. The summed E-state index contributed by atoms with van der Waals surface area (Å²) >= 11 is 12.6. The molecule has 29 heteroatoms. The molecule has 12 amide bonds. The largest absolute Gasteiger partial charge is 0.417 e. The van der Waals surface area contributed by atoms with Gasteiger partial charge in [-0.25, -0.2) is 0 Å². The minimum absolute atomic E-state index is 0.0120. The number of nitrogens with zero attached hydrogens (tertiary/aromatic N) is 9. The van der Waals surface area contributed by atoms with Crippen LogP contribution in [0.15, 0.2) is 66.7 Å². The summed E-state index contributed by atoms with van der Waals surface area (Å²) in [6.45, 7) is 13.6. The van der Waals surface area contributed by atoms with E-state index >= 15 is 9.59 Å². The van der Waals surface area contributed by atoms with Crippen molar-refractivity contribution in [3.63, 3.8) is 0 Å². The fourth-order valence-corrected chi connectivity index (χ4v) is 13.4. The monoisotopic (exact) mass is 1490 g/mol. The molecular formula is C75H107Cl2F3N12O12. The van der Waals surface area contributed by atoms with Crippen LogP contribution in [0.25, 0.3) is 0 Å². The Balaban J connectivity index is 1.61. The van der Waals surface area contributed by atoms with E-state index in [4.69, 9.17) is 23.2 Å². The fraction of sp³-hybridized carbons (Fsp3) is 0.600. The van der Waals surface area contributed by atoms with Gasteiger partial charge in [-0.3, -0.25) is 57.5 Å². The molecule has 2 aliphatic heterocycles. The first-order valence-electron chi connectivity index (χ1n) is 35.5. The van der Waals surface area contributed by atoms with Crippen molar-refractivity contribution >= 4 is 94.1 Å². The molecule has 104 heavy (non-hydrogen) atoms. The standard InChI is InChI=1S/C75H107Cl2F3N12O12/c1-18-46(6)64-73(103)86(12)48(8)68(98)92-36-34-56(92)72(102)89(15)59(40-50-28-26-45(5)27-29-50)71(101)85(11)43-61(93)82-55(33-31-49-30-32-53(54(77)39-49)75(78,79)80)69(99)88(14)58(41-51-23-22-24-52(76)38-51)66(96)81-35-21-20-25-62(94)91(17)65(47(7)19-2)74(104)90(16)60(70(100)84(9)10)42-63(95)87(13)57(37-44(3)4)67(97)83-64/h22-24,26-30,32,38-39,44,46-48,55-60,64-65H,18-21,25,31,33-37,40-43H2,1-17H3,(H,81,96)(H,82,93)(H,83,97)/t46-,47?,48-,55-,56-,57-,58-,59-,60-,64-,65-/m0/s1. The van der Waals surface area contributed by atoms with Crippen molar-refractivity contribution in [3.8, 4) is 0 Å². The highest BCUT2D eigenvalue weighted by molar-refractivity contribution is 6.31. The van der Waals surface area contributed by atoms with Gasteiger partial charge in [-0.05, 0) is 111 Å². The van der Waals surface area contributed by atoms with Crippen LogP contribution in [0.5, 0.6) is 0 Å². The van der Waals surface area contributed by atoms with Crippen molar-refractivity contribution in [2.24, 2.45) is 17.8 Å². The molecule has 11 atom stereocenters. The molecule has 0 aliphatic carbocycles. The Morgan fingerprint density at radius 3 is 1.82 bits per heavy atom. The molecule has 1 unspecified atom stereocenters. The third-order valence-electron chi connectivity index (χ3n) is 20.3. The third-order valence-corrected chi connectivity index (χ3v) is 20.9. The van der Waals surface area contributed by atoms with Gasteiger partial charge in [-0.15, -0.1) is 0 Å². The highest BCUT2D eigenvalue weighted by Crippen LogP contribution is 2.36. The van der Waals surface area contributed by atoms with Crippen LogP contribution in [0.4, 0.5) is 13.2 Å². The average molecular weight is 1500 g/mol. The number of halogens is 5. The topological polar surface area (TPSA) is 270 Å². The number of fused-ring (bicyclic) bond motifs is 1. The van der Waals surface area contributed by atoms with E-state index in [9.17, 15) is 61.1 Å². The summed E-state index contributed by atoms with van der Waals surface area (Å²) in [5.74, 6) is -9.19. The number of carbonyl (C=O) groups is 12. The zero-order chi connectivity index (χ0) is 78.1. The Morgan fingerprint density at radius 1 is 0.635 bits per heavy atom. The smallest absolute Gasteiger partial charge is 0.354 e. The number of aryl methyl sites for hydroxylation is 2. The number of hydrogen-bond acceptors (Lipinski definition) is 12. The molecule has 3 aromatic rings. The minimum atomic E-state index is -4.78. The van der Waals surface area contributed by atoms with Gasteiger partial charge in [0, 0.05) is 101 Å². The van der Waals surface area contributed by atoms with E-state index in [-0.39, 0.29) is 82.4 Å². The third kappa shape index (κ3) is 22.6. The number of likely N-dealkylation sites (N-methyl/N-ethyl adjacent to an activating group) is 8. The summed E-state index contributed by atoms with van der Waals surface area (Å²) in [5, 5.41) is 8.20. The average Bonchev–Trinajstić information content (AvgIpc) is 0.780. The quantitative estimate of drug-likeness (QED) is 0.153. The van der Waals surface area contributed by atoms with Gasteiger partial charge in [0.15, 0.2) is 0 Å². The van der Waals surface area contributed by atoms with Crippen molar-refractivity contribution in [1.29, 1.82) is 0 Å². The van der Waals surface area contributed by atoms with E-state index < -0.39 is 167 Å². The SMILES string of the molecule is CCC(C)[C@H]1C(=O)N(C)[C@H](C(=O)N(C)C)CC(=O)N(C)[C@@H](CC(C)C)C(=O)N[C@@H]([C@@H](C)CC)C(=O)N(C)[C@@H](C)C(=O)N2CC[C@H]2C(=O)N(C)[C@@H](Cc2ccc(C)cc2)C(=O)N(C)CC(=O)N[C@@H](CCc2ccc(C(F)(F)F)c(Cl)c2)C(=O)N(C)[C@@H](Cc2cccc(Cl)c2)C(=O)NCCCCC(=O)N1C. The van der Waals surface area contributed by atoms with Crippen molar-refractivity contribution in [3.05, 3.63) is 105 Å². The number of benzene rings is 3. The zero-order valence-corrected chi connectivity index (χ0v) is 64.7. The zero-order valence-electron chi connectivity index (χ0n) is 63.2. The van der Waals surface area contributed by atoms with Crippen LogP contribution in [-0.4, -0.2) is 252 Å². The molecule has 2 heterocycles. The number of rotatable bonds is 14. The molecule has 0 radical (unpaired) electrons. The maximum atomic E-state index is 15.1. The van der Waals surface area contributed by atoms with E-state index in [0.29, 0.717) is 29.0 Å². The Labute approximate surface area is 620 Å². The molecule has 0 bridgehead atoms. The second-order valence-corrected chi connectivity index (χ2v) is 29.4. The second-order valence-electron chi connectivity index (χ2n) is 28.6. The maximum absolute atomic E-state index is 15.1. The van der Waals surface area contributed by atoms with Crippen molar-refractivity contribution in [1.82, 2.24) is 60.0 Å². The molecule has 0 saturated carbocycles. The Morgan fingerprint density at radius 2 is 1.25 bits per heavy atom. The van der Waals surface area contributed by atoms with E-state index in [0.717, 1.165) is 32.4 Å². The van der Waals surface area contributed by atoms with Crippen LogP contribution in [0, 0.1) is 24.7 Å². The van der Waals surface area contributed by atoms with Gasteiger partial charge in [0.2, 0.25) is 70.9 Å². The van der Waals surface area contributed by atoms with Gasteiger partial charge >= 0.3 is 6.18 Å². The van der Waals surface area contributed by atoms with Crippen LogP contribution in [0.2, 0.25) is 10.0 Å². The number of hydrogen-bond donors (Lipinski definition) is 3. The van der Waals surface area contributed by atoms with Crippen molar-refractivity contribution in [2.75, 3.05) is 83.1 Å². The van der Waals surface area contributed by atoms with Gasteiger partial charge in [0.1, 0.15) is 54.4 Å². The molecule has 0 aromatic heterocycles. The number of nitrogens with one attached hydrogen (secondary N) is 3. The summed E-state index contributed by atoms with van der Waals surface area (Å²) in [4.78, 5) is 187. The van der Waals surface area contributed by atoms with Crippen LogP contribution in [0.1, 0.15) is 134 Å². The molecule has 3 N–H and O–H groups in total. The lowest BCUT2D eigenvalue weighted by Crippen LogP contribution is -2.65. The molecule has 2 saturated heterocycles. The van der Waals surface area contributed by atoms with E-state index in [1.54, 1.807) is 50.2 Å². The van der Waals surface area contributed by atoms with Gasteiger partial charge in [0.25, 0.3) is 0 Å². The maximum Gasteiger partial charge on any atom is 0.417 e. The van der Waals surface area contributed by atoms with Crippen LogP contribution in [-0.2, 0) is 83.0 Å². The summed E-state index contributed by atoms with van der Waals surface area (Å²) < 4.78 is 41.6. The number of carbonyl (C=O) groups excluding carboxylic acids is 12. The van der Waals surface area contributed by atoms with Crippen LogP contribution >= 0.6 is 23.2 Å². The van der Waals surface area contributed by atoms with E-state index in [1.807, 2.05) is 46.8 Å². The second kappa shape index (κ2) is 38.6. The normalized spacial score (nSPS) is 24.1. The molecule has 2 fully saturated rings. The first-order valence-corrected chi connectivity index (χ1v) is 36.3.